The predicted octanol–water partition coefficient (Wildman–Crippen LogP) is 7.37. The van der Waals surface area contributed by atoms with Gasteiger partial charge in [-0.25, -0.2) is 0 Å². The number of hydrogen-bond acceptors (Lipinski definition) is 3. The molecule has 33 heavy (non-hydrogen) atoms. The lowest BCUT2D eigenvalue weighted by Gasteiger charge is -2.17. The molecule has 162 valence electrons. The molecule has 0 fully saturated rings. The Hall–Kier alpha value is -3.27. The molecule has 3 nitrogen and oxygen atoms in total. The van der Waals surface area contributed by atoms with Crippen LogP contribution in [0.15, 0.2) is 91.0 Å². The zero-order valence-corrected chi connectivity index (χ0v) is 19.2. The smallest absolute Gasteiger partial charge is 0.166 e. The van der Waals surface area contributed by atoms with Crippen LogP contribution in [0.3, 0.4) is 0 Å². The van der Waals surface area contributed by atoms with Crippen LogP contribution in [-0.2, 0) is 12.8 Å². The minimum absolute atomic E-state index is 0.0489. The van der Waals surface area contributed by atoms with Gasteiger partial charge in [0.2, 0.25) is 0 Å². The second-order valence-corrected chi connectivity index (χ2v) is 8.87. The number of para-hydroxylation sites is 2. The van der Waals surface area contributed by atoms with E-state index >= 15 is 0 Å². The van der Waals surface area contributed by atoms with E-state index in [-0.39, 0.29) is 11.7 Å². The van der Waals surface area contributed by atoms with E-state index < -0.39 is 0 Å². The summed E-state index contributed by atoms with van der Waals surface area (Å²) >= 11 is 13.1. The third kappa shape index (κ3) is 4.61. The van der Waals surface area contributed by atoms with Crippen LogP contribution in [0, 0.1) is 5.92 Å². The van der Waals surface area contributed by atoms with Crippen molar-refractivity contribution in [2.45, 2.75) is 12.8 Å². The molecule has 0 aliphatic heterocycles. The third-order valence-electron chi connectivity index (χ3n) is 5.78. The average molecular weight is 471 g/mol. The fourth-order valence-electron chi connectivity index (χ4n) is 4.18. The van der Waals surface area contributed by atoms with Gasteiger partial charge in [-0.2, -0.15) is 0 Å². The molecule has 2 heterocycles. The summed E-state index contributed by atoms with van der Waals surface area (Å²) in [6.45, 7) is 0. The topological polar surface area (TPSA) is 42.9 Å². The summed E-state index contributed by atoms with van der Waals surface area (Å²) in [6, 6.07) is 28.6. The number of hydrogen-bond donors (Lipinski definition) is 0. The molecule has 2 aromatic heterocycles. The van der Waals surface area contributed by atoms with Crippen molar-refractivity contribution in [3.8, 4) is 0 Å². The lowest BCUT2D eigenvalue weighted by Crippen LogP contribution is -2.21. The minimum Gasteiger partial charge on any atom is -0.294 e. The molecule has 5 aromatic rings. The highest BCUT2D eigenvalue weighted by atomic mass is 35.5. The molecule has 0 spiro atoms. The van der Waals surface area contributed by atoms with Crippen LogP contribution < -0.4 is 0 Å². The maximum absolute atomic E-state index is 13.5. The van der Waals surface area contributed by atoms with E-state index in [2.05, 4.69) is 0 Å². The Morgan fingerprint density at radius 1 is 0.667 bits per heavy atom. The Labute approximate surface area is 202 Å². The van der Waals surface area contributed by atoms with E-state index in [1.54, 1.807) is 0 Å². The summed E-state index contributed by atoms with van der Waals surface area (Å²) in [6.07, 6.45) is 0.898. The number of Topliss-reactive ketones (excluding diaryl/α,β-unsaturated/α-hetero) is 1. The van der Waals surface area contributed by atoms with Crippen LogP contribution >= 0.6 is 23.2 Å². The summed E-state index contributed by atoms with van der Waals surface area (Å²) in [5.41, 5.74) is 3.86. The summed E-state index contributed by atoms with van der Waals surface area (Å²) in [5.74, 6) is -0.311. The minimum atomic E-state index is -0.359. The lowest BCUT2D eigenvalue weighted by atomic mass is 9.88. The number of pyridine rings is 2. The molecule has 0 radical (unpaired) electrons. The molecule has 0 saturated heterocycles. The molecule has 0 N–H and O–H groups in total. The van der Waals surface area contributed by atoms with Crippen molar-refractivity contribution in [2.75, 3.05) is 0 Å². The number of carbonyl (C=O) groups excluding carboxylic acids is 1. The van der Waals surface area contributed by atoms with Crippen LogP contribution in [0.2, 0.25) is 10.0 Å². The monoisotopic (exact) mass is 470 g/mol. The molecular formula is C28H20Cl2N2O. The van der Waals surface area contributed by atoms with Gasteiger partial charge >= 0.3 is 0 Å². The van der Waals surface area contributed by atoms with E-state index in [4.69, 9.17) is 33.2 Å². The summed E-state index contributed by atoms with van der Waals surface area (Å²) in [7, 11) is 0. The number of fused-ring (bicyclic) bond motifs is 2. The van der Waals surface area contributed by atoms with E-state index in [9.17, 15) is 4.79 Å². The van der Waals surface area contributed by atoms with E-state index in [1.165, 1.54) is 0 Å². The maximum atomic E-state index is 13.5. The third-order valence-corrected chi connectivity index (χ3v) is 6.40. The summed E-state index contributed by atoms with van der Waals surface area (Å²) in [4.78, 5) is 23.1. The first kappa shape index (κ1) is 21.6. The number of benzene rings is 3. The van der Waals surface area contributed by atoms with Gasteiger partial charge in [-0.15, -0.1) is 0 Å². The van der Waals surface area contributed by atoms with Crippen molar-refractivity contribution in [2.24, 2.45) is 5.92 Å². The van der Waals surface area contributed by atoms with Gasteiger partial charge in [-0.3, -0.25) is 14.8 Å². The van der Waals surface area contributed by atoms with Gasteiger partial charge < -0.3 is 0 Å². The number of rotatable bonds is 6. The molecule has 0 aliphatic rings. The van der Waals surface area contributed by atoms with E-state index in [0.29, 0.717) is 28.5 Å². The van der Waals surface area contributed by atoms with Crippen LogP contribution in [0.4, 0.5) is 0 Å². The van der Waals surface area contributed by atoms with Crippen molar-refractivity contribution in [1.82, 2.24) is 9.97 Å². The van der Waals surface area contributed by atoms with Gasteiger partial charge in [0.1, 0.15) is 0 Å². The van der Waals surface area contributed by atoms with Gasteiger partial charge in [0.15, 0.2) is 5.78 Å². The van der Waals surface area contributed by atoms with Crippen molar-refractivity contribution < 1.29 is 4.79 Å². The second-order valence-electron chi connectivity index (χ2n) is 8.06. The molecule has 0 unspecified atom stereocenters. The van der Waals surface area contributed by atoms with Crippen molar-refractivity contribution in [3.05, 3.63) is 118 Å². The Morgan fingerprint density at radius 3 is 1.64 bits per heavy atom. The summed E-state index contributed by atoms with van der Waals surface area (Å²) < 4.78 is 0. The molecule has 0 aliphatic carbocycles. The van der Waals surface area contributed by atoms with Gasteiger partial charge in [0.25, 0.3) is 0 Å². The Bertz CT molecular complexity index is 1380. The van der Waals surface area contributed by atoms with Crippen LogP contribution in [0.5, 0.6) is 0 Å². The van der Waals surface area contributed by atoms with Gasteiger partial charge in [0.05, 0.1) is 21.1 Å². The molecule has 0 amide bonds. The van der Waals surface area contributed by atoms with Crippen LogP contribution in [0.1, 0.15) is 21.7 Å². The quantitative estimate of drug-likeness (QED) is 0.243. The van der Waals surface area contributed by atoms with Crippen molar-refractivity contribution in [1.29, 1.82) is 0 Å². The summed E-state index contributed by atoms with van der Waals surface area (Å²) in [5, 5.41) is 3.07. The fourth-order valence-corrected chi connectivity index (χ4v) is 4.75. The zero-order chi connectivity index (χ0) is 22.8. The van der Waals surface area contributed by atoms with Gasteiger partial charge in [-0.1, -0.05) is 89.9 Å². The highest BCUT2D eigenvalue weighted by molar-refractivity contribution is 6.35. The molecule has 0 saturated carbocycles. The van der Waals surface area contributed by atoms with Crippen molar-refractivity contribution in [3.63, 3.8) is 0 Å². The van der Waals surface area contributed by atoms with E-state index in [1.807, 2.05) is 91.0 Å². The number of halogens is 2. The molecule has 5 heteroatoms. The van der Waals surface area contributed by atoms with Gasteiger partial charge in [0, 0.05) is 46.5 Å². The highest BCUT2D eigenvalue weighted by Crippen LogP contribution is 2.28. The standard InChI is InChI=1S/C28H20Cl2N2O/c29-24-16-20(31-26-12-6-4-10-22(24)26)14-19(28(33)18-8-2-1-3-9-18)15-21-17-25(30)23-11-5-7-13-27(23)32-21/h1-13,16-17,19H,14-15H2. The maximum Gasteiger partial charge on any atom is 0.166 e. The highest BCUT2D eigenvalue weighted by Gasteiger charge is 2.23. The number of ketones is 1. The predicted molar refractivity (Wildman–Crippen MR) is 135 cm³/mol. The molecule has 0 bridgehead atoms. The first-order chi connectivity index (χ1) is 16.1. The van der Waals surface area contributed by atoms with Gasteiger partial charge in [-0.05, 0) is 24.3 Å². The molecule has 5 rings (SSSR count). The Balaban J connectivity index is 1.53. The first-order valence-electron chi connectivity index (χ1n) is 10.8. The van der Waals surface area contributed by atoms with E-state index in [0.717, 1.165) is 33.2 Å². The molecule has 3 aromatic carbocycles. The Morgan fingerprint density at radius 2 is 1.12 bits per heavy atom. The second kappa shape index (κ2) is 9.30. The number of aromatic nitrogens is 2. The number of nitrogens with zero attached hydrogens (tertiary/aromatic N) is 2. The Kier molecular flexibility index (Phi) is 6.08. The fraction of sp³-hybridized carbons (Fsp3) is 0.107. The number of carbonyl (C=O) groups is 1. The zero-order valence-electron chi connectivity index (χ0n) is 17.7. The normalized spacial score (nSPS) is 11.4. The van der Waals surface area contributed by atoms with Crippen LogP contribution in [0.25, 0.3) is 21.8 Å². The molecular weight excluding hydrogens is 451 g/mol. The average Bonchev–Trinajstić information content (AvgIpc) is 2.84. The first-order valence-corrected chi connectivity index (χ1v) is 11.5. The van der Waals surface area contributed by atoms with Crippen LogP contribution in [-0.4, -0.2) is 15.8 Å². The SMILES string of the molecule is O=C(c1ccccc1)C(Cc1cc(Cl)c2ccccc2n1)Cc1cc(Cl)c2ccccc2n1. The molecule has 0 atom stereocenters. The van der Waals surface area contributed by atoms with Crippen molar-refractivity contribution >= 4 is 50.8 Å². The lowest BCUT2D eigenvalue weighted by molar-refractivity contribution is 0.0917. The largest absolute Gasteiger partial charge is 0.294 e.